The molecule has 1 aliphatic carbocycles. The number of anilines is 1. The first-order chi connectivity index (χ1) is 14.0. The van der Waals surface area contributed by atoms with Crippen LogP contribution in [0, 0.1) is 5.82 Å². The normalized spacial score (nSPS) is 16.7. The van der Waals surface area contributed by atoms with Crippen LogP contribution in [-0.2, 0) is 19.1 Å². The summed E-state index contributed by atoms with van der Waals surface area (Å²) in [6.07, 6.45) is 3.13. The number of carbonyl (C=O) groups is 3. The highest BCUT2D eigenvalue weighted by molar-refractivity contribution is 8.01. The van der Waals surface area contributed by atoms with Crippen molar-refractivity contribution in [1.29, 1.82) is 0 Å². The molecule has 0 unspecified atom stereocenters. The van der Waals surface area contributed by atoms with E-state index in [1.54, 1.807) is 6.92 Å². The van der Waals surface area contributed by atoms with E-state index in [-0.39, 0.29) is 18.1 Å². The van der Waals surface area contributed by atoms with Crippen molar-refractivity contribution < 1.29 is 23.5 Å². The van der Waals surface area contributed by atoms with Crippen molar-refractivity contribution in [2.24, 2.45) is 0 Å². The summed E-state index contributed by atoms with van der Waals surface area (Å²) in [5.41, 5.74) is 1.52. The summed E-state index contributed by atoms with van der Waals surface area (Å²) < 4.78 is 21.0. The summed E-state index contributed by atoms with van der Waals surface area (Å²) in [7, 11) is 0. The van der Waals surface area contributed by atoms with Gasteiger partial charge in [0.05, 0.1) is 28.9 Å². The zero-order chi connectivity index (χ0) is 20.5. The van der Waals surface area contributed by atoms with Gasteiger partial charge in [0.15, 0.2) is 4.34 Å². The van der Waals surface area contributed by atoms with E-state index >= 15 is 0 Å². The maximum atomic E-state index is 14.8. The molecule has 0 fully saturated rings. The highest BCUT2D eigenvalue weighted by Gasteiger charge is 2.40. The number of rotatable bonds is 6. The number of benzene rings is 1. The van der Waals surface area contributed by atoms with Gasteiger partial charge in [-0.05, 0) is 44.7 Å². The van der Waals surface area contributed by atoms with Crippen molar-refractivity contribution in [3.8, 4) is 0 Å². The van der Waals surface area contributed by atoms with E-state index in [0.29, 0.717) is 50.9 Å². The van der Waals surface area contributed by atoms with E-state index < -0.39 is 17.6 Å². The quantitative estimate of drug-likeness (QED) is 0.385. The highest BCUT2D eigenvalue weighted by atomic mass is 32.2. The SMILES string of the molecule is CCOC(=O)CCSc1nc2cc(N3C(=O)C4=C(CCCC4)C3=O)c(F)cc2s1. The Morgan fingerprint density at radius 3 is 2.59 bits per heavy atom. The lowest BCUT2D eigenvalue weighted by molar-refractivity contribution is -0.142. The first kappa shape index (κ1) is 20.0. The number of thioether (sulfide) groups is 1. The Labute approximate surface area is 175 Å². The zero-order valence-electron chi connectivity index (χ0n) is 15.8. The summed E-state index contributed by atoms with van der Waals surface area (Å²) in [5.74, 6) is -1.21. The number of amides is 2. The molecule has 29 heavy (non-hydrogen) atoms. The van der Waals surface area contributed by atoms with Crippen LogP contribution >= 0.6 is 23.1 Å². The van der Waals surface area contributed by atoms with Crippen LogP contribution in [0.15, 0.2) is 27.6 Å². The zero-order valence-corrected chi connectivity index (χ0v) is 17.5. The largest absolute Gasteiger partial charge is 0.466 e. The lowest BCUT2D eigenvalue weighted by atomic mass is 9.93. The predicted molar refractivity (Wildman–Crippen MR) is 110 cm³/mol. The third-order valence-corrected chi connectivity index (χ3v) is 7.07. The number of halogens is 1. The number of imide groups is 1. The summed E-state index contributed by atoms with van der Waals surface area (Å²) in [6, 6.07) is 2.78. The van der Waals surface area contributed by atoms with Crippen LogP contribution in [0.3, 0.4) is 0 Å². The van der Waals surface area contributed by atoms with Crippen molar-refractivity contribution in [3.63, 3.8) is 0 Å². The number of carbonyl (C=O) groups excluding carboxylic acids is 3. The van der Waals surface area contributed by atoms with Crippen molar-refractivity contribution in [1.82, 2.24) is 4.98 Å². The Balaban J connectivity index is 1.56. The number of ether oxygens (including phenoxy) is 1. The van der Waals surface area contributed by atoms with Crippen LogP contribution in [-0.4, -0.2) is 35.1 Å². The van der Waals surface area contributed by atoms with E-state index in [1.807, 2.05) is 0 Å². The second-order valence-electron chi connectivity index (χ2n) is 6.76. The minimum Gasteiger partial charge on any atom is -0.466 e. The molecule has 0 saturated heterocycles. The van der Waals surface area contributed by atoms with E-state index in [2.05, 4.69) is 4.98 Å². The van der Waals surface area contributed by atoms with E-state index in [9.17, 15) is 18.8 Å². The number of hydrogen-bond acceptors (Lipinski definition) is 7. The molecule has 1 aromatic heterocycles. The maximum absolute atomic E-state index is 14.8. The van der Waals surface area contributed by atoms with E-state index in [4.69, 9.17) is 4.74 Å². The molecule has 1 aromatic carbocycles. The fourth-order valence-electron chi connectivity index (χ4n) is 3.56. The molecule has 9 heteroatoms. The van der Waals surface area contributed by atoms with Crippen molar-refractivity contribution >= 4 is 56.8 Å². The first-order valence-corrected chi connectivity index (χ1v) is 11.3. The van der Waals surface area contributed by atoms with Gasteiger partial charge >= 0.3 is 5.97 Å². The molecule has 2 heterocycles. The molecule has 2 aliphatic rings. The minimum atomic E-state index is -0.620. The number of fused-ring (bicyclic) bond motifs is 1. The van der Waals surface area contributed by atoms with Gasteiger partial charge < -0.3 is 4.74 Å². The second kappa shape index (κ2) is 8.23. The Bertz CT molecular complexity index is 1020. The fraction of sp³-hybridized carbons (Fsp3) is 0.400. The molecule has 0 N–H and O–H groups in total. The van der Waals surface area contributed by atoms with Gasteiger partial charge in [-0.25, -0.2) is 14.3 Å². The van der Waals surface area contributed by atoms with Crippen LogP contribution in [0.4, 0.5) is 10.1 Å². The number of thiazole rings is 1. The molecule has 2 amide bonds. The molecule has 0 radical (unpaired) electrons. The van der Waals surface area contributed by atoms with Crippen molar-refractivity contribution in [2.75, 3.05) is 17.3 Å². The topological polar surface area (TPSA) is 76.6 Å². The average Bonchev–Trinajstić information content (AvgIpc) is 3.20. The molecule has 6 nitrogen and oxygen atoms in total. The van der Waals surface area contributed by atoms with Gasteiger partial charge in [-0.1, -0.05) is 11.8 Å². The van der Waals surface area contributed by atoms with Crippen LogP contribution in [0.5, 0.6) is 0 Å². The lowest BCUT2D eigenvalue weighted by Gasteiger charge is -2.15. The van der Waals surface area contributed by atoms with Crippen LogP contribution in [0.1, 0.15) is 39.0 Å². The van der Waals surface area contributed by atoms with Gasteiger partial charge in [0.2, 0.25) is 0 Å². The molecule has 0 atom stereocenters. The van der Waals surface area contributed by atoms with E-state index in [1.165, 1.54) is 35.2 Å². The maximum Gasteiger partial charge on any atom is 0.306 e. The molecule has 0 saturated carbocycles. The summed E-state index contributed by atoms with van der Waals surface area (Å²) in [5, 5.41) is 0. The molecule has 4 rings (SSSR count). The smallest absolute Gasteiger partial charge is 0.306 e. The molecular weight excluding hydrogens is 415 g/mol. The Kier molecular flexibility index (Phi) is 5.69. The van der Waals surface area contributed by atoms with Gasteiger partial charge in [0, 0.05) is 16.9 Å². The number of esters is 1. The highest BCUT2D eigenvalue weighted by Crippen LogP contribution is 2.39. The molecular formula is C20H19FN2O4S2. The monoisotopic (exact) mass is 434 g/mol. The first-order valence-electron chi connectivity index (χ1n) is 9.49. The molecule has 0 bridgehead atoms. The summed E-state index contributed by atoms with van der Waals surface area (Å²) >= 11 is 2.70. The van der Waals surface area contributed by atoms with Gasteiger partial charge in [0.1, 0.15) is 5.82 Å². The third-order valence-electron chi connectivity index (χ3n) is 4.91. The second-order valence-corrected chi connectivity index (χ2v) is 9.14. The van der Waals surface area contributed by atoms with Crippen LogP contribution in [0.2, 0.25) is 0 Å². The number of hydrogen-bond donors (Lipinski definition) is 0. The standard InChI is InChI=1S/C20H19FN2O4S2/c1-2-27-17(24)7-8-28-20-22-14-10-15(13(21)9-16(14)29-20)23-18(25)11-5-3-4-6-12(11)19(23)26/h9-10H,2-8H2,1H3. The van der Waals surface area contributed by atoms with Gasteiger partial charge in [-0.2, -0.15) is 0 Å². The average molecular weight is 435 g/mol. The Morgan fingerprint density at radius 2 is 1.93 bits per heavy atom. The summed E-state index contributed by atoms with van der Waals surface area (Å²) in [4.78, 5) is 42.3. The molecule has 0 spiro atoms. The molecule has 2 aromatic rings. The Morgan fingerprint density at radius 1 is 1.24 bits per heavy atom. The van der Waals surface area contributed by atoms with E-state index in [0.717, 1.165) is 17.7 Å². The Hall–Kier alpha value is -2.26. The van der Waals surface area contributed by atoms with Gasteiger partial charge in [0.25, 0.3) is 11.8 Å². The predicted octanol–water partition coefficient (Wildman–Crippen LogP) is 4.22. The molecule has 152 valence electrons. The number of aromatic nitrogens is 1. The third kappa shape index (κ3) is 3.81. The van der Waals surface area contributed by atoms with Crippen molar-refractivity contribution in [3.05, 3.63) is 29.1 Å². The summed E-state index contributed by atoms with van der Waals surface area (Å²) in [6.45, 7) is 2.10. The molecule has 1 aliphatic heterocycles. The van der Waals surface area contributed by atoms with Crippen LogP contribution < -0.4 is 4.90 Å². The minimum absolute atomic E-state index is 0.0460. The fourth-order valence-corrected chi connectivity index (χ4v) is 5.63. The van der Waals surface area contributed by atoms with Crippen molar-refractivity contribution in [2.45, 2.75) is 43.4 Å². The number of nitrogens with zero attached hydrogens (tertiary/aromatic N) is 2. The van der Waals surface area contributed by atoms with Crippen LogP contribution in [0.25, 0.3) is 10.2 Å². The lowest BCUT2D eigenvalue weighted by Crippen LogP contribution is -2.32. The van der Waals surface area contributed by atoms with Gasteiger partial charge in [-0.15, -0.1) is 11.3 Å². The van der Waals surface area contributed by atoms with Gasteiger partial charge in [-0.3, -0.25) is 14.4 Å².